The second kappa shape index (κ2) is 16.5. The van der Waals surface area contributed by atoms with Crippen molar-refractivity contribution in [3.8, 4) is 0 Å². The number of unbranched alkanes of at least 4 members (excludes halogenated alkanes) is 9. The fraction of sp³-hybridized carbons (Fsp3) is 0.778. The second-order valence-electron chi connectivity index (χ2n) is 5.22. The Labute approximate surface area is 116 Å². The molecule has 0 N–H and O–H groups in total. The molecule has 106 valence electrons. The first-order valence-corrected chi connectivity index (χ1v) is 8.21. The SMILES string of the molecule is CCCC=CCCCCCC=CCCCCCC. The molecule has 0 radical (unpaired) electrons. The van der Waals surface area contributed by atoms with E-state index >= 15 is 0 Å². The summed E-state index contributed by atoms with van der Waals surface area (Å²) in [6.07, 6.45) is 25.5. The van der Waals surface area contributed by atoms with Crippen LogP contribution >= 0.6 is 0 Å². The summed E-state index contributed by atoms with van der Waals surface area (Å²) in [5.41, 5.74) is 0. The highest BCUT2D eigenvalue weighted by Gasteiger charge is 1.87. The topological polar surface area (TPSA) is 0 Å². The van der Waals surface area contributed by atoms with E-state index in [-0.39, 0.29) is 0 Å². The van der Waals surface area contributed by atoms with Crippen molar-refractivity contribution in [2.24, 2.45) is 0 Å². The molecule has 0 spiro atoms. The van der Waals surface area contributed by atoms with Crippen molar-refractivity contribution in [2.75, 3.05) is 0 Å². The van der Waals surface area contributed by atoms with Gasteiger partial charge in [-0.15, -0.1) is 0 Å². The highest BCUT2D eigenvalue weighted by molar-refractivity contribution is 4.82. The Balaban J connectivity index is 3.08. The van der Waals surface area contributed by atoms with Gasteiger partial charge in [0.15, 0.2) is 0 Å². The number of hydrogen-bond donors (Lipinski definition) is 0. The van der Waals surface area contributed by atoms with Gasteiger partial charge < -0.3 is 0 Å². The molecule has 0 aliphatic carbocycles. The molecule has 0 heteroatoms. The molecule has 0 bridgehead atoms. The van der Waals surface area contributed by atoms with Crippen molar-refractivity contribution in [2.45, 2.75) is 90.9 Å². The summed E-state index contributed by atoms with van der Waals surface area (Å²) in [5.74, 6) is 0. The first kappa shape index (κ1) is 17.5. The van der Waals surface area contributed by atoms with E-state index in [9.17, 15) is 0 Å². The summed E-state index contributed by atoms with van der Waals surface area (Å²) in [7, 11) is 0. The fourth-order valence-corrected chi connectivity index (χ4v) is 2.03. The molecule has 0 aliphatic rings. The van der Waals surface area contributed by atoms with Crippen LogP contribution in [0.5, 0.6) is 0 Å². The largest absolute Gasteiger partial charge is 0.0885 e. The molecule has 0 nitrogen and oxygen atoms in total. The van der Waals surface area contributed by atoms with Crippen LogP contribution in [0.4, 0.5) is 0 Å². The van der Waals surface area contributed by atoms with Crippen molar-refractivity contribution in [1.29, 1.82) is 0 Å². The van der Waals surface area contributed by atoms with Crippen LogP contribution in [0, 0.1) is 0 Å². The van der Waals surface area contributed by atoms with Gasteiger partial charge in [0.05, 0.1) is 0 Å². The third-order valence-electron chi connectivity index (χ3n) is 3.25. The summed E-state index contributed by atoms with van der Waals surface area (Å²) < 4.78 is 0. The van der Waals surface area contributed by atoms with Crippen LogP contribution in [0.2, 0.25) is 0 Å². The van der Waals surface area contributed by atoms with Crippen LogP contribution in [0.25, 0.3) is 0 Å². The monoisotopic (exact) mass is 250 g/mol. The van der Waals surface area contributed by atoms with E-state index in [1.165, 1.54) is 77.0 Å². The van der Waals surface area contributed by atoms with Gasteiger partial charge in [0.1, 0.15) is 0 Å². The zero-order valence-electron chi connectivity index (χ0n) is 12.8. The summed E-state index contributed by atoms with van der Waals surface area (Å²) in [5, 5.41) is 0. The molecule has 0 rings (SSSR count). The zero-order chi connectivity index (χ0) is 13.3. The molecule has 0 saturated heterocycles. The summed E-state index contributed by atoms with van der Waals surface area (Å²) in [6, 6.07) is 0. The van der Waals surface area contributed by atoms with Crippen LogP contribution < -0.4 is 0 Å². The van der Waals surface area contributed by atoms with Crippen molar-refractivity contribution in [3.63, 3.8) is 0 Å². The van der Waals surface area contributed by atoms with Crippen molar-refractivity contribution >= 4 is 0 Å². The highest BCUT2D eigenvalue weighted by Crippen LogP contribution is 2.07. The average molecular weight is 250 g/mol. The van der Waals surface area contributed by atoms with Gasteiger partial charge in [-0.05, 0) is 44.9 Å². The lowest BCUT2D eigenvalue weighted by Gasteiger charge is -1.96. The predicted octanol–water partition coefficient (Wildman–Crippen LogP) is 6.82. The fourth-order valence-electron chi connectivity index (χ4n) is 2.03. The molecule has 0 amide bonds. The van der Waals surface area contributed by atoms with E-state index in [1.54, 1.807) is 0 Å². The minimum absolute atomic E-state index is 1.25. The van der Waals surface area contributed by atoms with Crippen LogP contribution in [0.1, 0.15) is 90.9 Å². The number of rotatable bonds is 13. The molecule has 0 aliphatic heterocycles. The van der Waals surface area contributed by atoms with Crippen LogP contribution in [0.15, 0.2) is 24.3 Å². The van der Waals surface area contributed by atoms with Crippen LogP contribution in [0.3, 0.4) is 0 Å². The van der Waals surface area contributed by atoms with Crippen molar-refractivity contribution in [1.82, 2.24) is 0 Å². The van der Waals surface area contributed by atoms with Gasteiger partial charge >= 0.3 is 0 Å². The zero-order valence-corrected chi connectivity index (χ0v) is 12.8. The Hall–Kier alpha value is -0.520. The normalized spacial score (nSPS) is 11.9. The Kier molecular flexibility index (Phi) is 16.0. The van der Waals surface area contributed by atoms with E-state index in [1.807, 2.05) is 0 Å². The van der Waals surface area contributed by atoms with E-state index in [2.05, 4.69) is 38.2 Å². The van der Waals surface area contributed by atoms with Crippen LogP contribution in [-0.2, 0) is 0 Å². The standard InChI is InChI=1S/C18H34/c1-3-5-7-9-11-13-15-17-18-16-14-12-10-8-6-4-2/h7,9,14,16H,3-6,8,10-13,15,17-18H2,1-2H3. The molecular weight excluding hydrogens is 216 g/mol. The molecule has 0 saturated carbocycles. The Morgan fingerprint density at radius 1 is 0.444 bits per heavy atom. The van der Waals surface area contributed by atoms with E-state index in [0.29, 0.717) is 0 Å². The van der Waals surface area contributed by atoms with Gasteiger partial charge in [0.2, 0.25) is 0 Å². The lowest BCUT2D eigenvalue weighted by atomic mass is 10.1. The van der Waals surface area contributed by atoms with Gasteiger partial charge in [0, 0.05) is 0 Å². The van der Waals surface area contributed by atoms with E-state index in [4.69, 9.17) is 0 Å². The Bertz CT molecular complexity index is 188. The second-order valence-corrected chi connectivity index (χ2v) is 5.22. The molecule has 0 unspecified atom stereocenters. The van der Waals surface area contributed by atoms with E-state index < -0.39 is 0 Å². The summed E-state index contributed by atoms with van der Waals surface area (Å²) in [4.78, 5) is 0. The molecule has 0 atom stereocenters. The first-order valence-electron chi connectivity index (χ1n) is 8.21. The summed E-state index contributed by atoms with van der Waals surface area (Å²) in [6.45, 7) is 4.51. The summed E-state index contributed by atoms with van der Waals surface area (Å²) >= 11 is 0. The molecule has 0 fully saturated rings. The van der Waals surface area contributed by atoms with E-state index in [0.717, 1.165) is 0 Å². The quantitative estimate of drug-likeness (QED) is 0.248. The molecule has 0 aromatic rings. The molecule has 0 aromatic heterocycles. The lowest BCUT2D eigenvalue weighted by molar-refractivity contribution is 0.670. The molecule has 0 aromatic carbocycles. The van der Waals surface area contributed by atoms with Crippen LogP contribution in [-0.4, -0.2) is 0 Å². The minimum Gasteiger partial charge on any atom is -0.0885 e. The van der Waals surface area contributed by atoms with Gasteiger partial charge in [-0.25, -0.2) is 0 Å². The predicted molar refractivity (Wildman–Crippen MR) is 85.0 cm³/mol. The minimum atomic E-state index is 1.25. The van der Waals surface area contributed by atoms with Gasteiger partial charge in [-0.3, -0.25) is 0 Å². The Morgan fingerprint density at radius 3 is 1.33 bits per heavy atom. The molecule has 18 heavy (non-hydrogen) atoms. The average Bonchev–Trinajstić information content (AvgIpc) is 2.39. The highest BCUT2D eigenvalue weighted by atomic mass is 13.9. The number of hydrogen-bond acceptors (Lipinski definition) is 0. The smallest absolute Gasteiger partial charge is 0.0351 e. The third kappa shape index (κ3) is 15.5. The number of allylic oxidation sites excluding steroid dienone is 4. The van der Waals surface area contributed by atoms with Gasteiger partial charge in [0.25, 0.3) is 0 Å². The Morgan fingerprint density at radius 2 is 0.889 bits per heavy atom. The van der Waals surface area contributed by atoms with Crippen molar-refractivity contribution in [3.05, 3.63) is 24.3 Å². The third-order valence-corrected chi connectivity index (χ3v) is 3.25. The van der Waals surface area contributed by atoms with Gasteiger partial charge in [-0.1, -0.05) is 70.3 Å². The van der Waals surface area contributed by atoms with Gasteiger partial charge in [-0.2, -0.15) is 0 Å². The maximum absolute atomic E-state index is 2.39. The lowest BCUT2D eigenvalue weighted by Crippen LogP contribution is -1.76. The first-order chi connectivity index (χ1) is 8.91. The molecular formula is C18H34. The maximum atomic E-state index is 2.39. The molecule has 0 heterocycles. The van der Waals surface area contributed by atoms with Crippen molar-refractivity contribution < 1.29 is 0 Å². The maximum Gasteiger partial charge on any atom is -0.0351 e.